The second-order valence-electron chi connectivity index (χ2n) is 3.47. The van der Waals surface area contributed by atoms with Crippen molar-refractivity contribution in [2.75, 3.05) is 18.2 Å². The molecule has 15 heavy (non-hydrogen) atoms. The van der Waals surface area contributed by atoms with Gasteiger partial charge in [0.1, 0.15) is 6.04 Å². The lowest BCUT2D eigenvalue weighted by molar-refractivity contribution is -0.122. The van der Waals surface area contributed by atoms with Gasteiger partial charge in [0.2, 0.25) is 15.9 Å². The predicted molar refractivity (Wildman–Crippen MR) is 58.3 cm³/mol. The van der Waals surface area contributed by atoms with Gasteiger partial charge >= 0.3 is 0 Å². The molecular weight excluding hydrogens is 240 g/mol. The van der Waals surface area contributed by atoms with E-state index < -0.39 is 16.1 Å². The largest absolute Gasteiger partial charge is 0.355 e. The Morgan fingerprint density at radius 1 is 1.47 bits per heavy atom. The molecule has 1 rings (SSSR count). The van der Waals surface area contributed by atoms with E-state index in [4.69, 9.17) is 11.6 Å². The molecule has 1 aliphatic heterocycles. The van der Waals surface area contributed by atoms with Gasteiger partial charge in [0.15, 0.2) is 0 Å². The van der Waals surface area contributed by atoms with E-state index >= 15 is 0 Å². The molecule has 0 spiro atoms. The fourth-order valence-corrected chi connectivity index (χ4v) is 3.02. The highest BCUT2D eigenvalue weighted by Crippen LogP contribution is 2.06. The van der Waals surface area contributed by atoms with Gasteiger partial charge in [0.05, 0.1) is 5.75 Å². The molecule has 0 radical (unpaired) electrons. The van der Waals surface area contributed by atoms with Crippen LogP contribution in [0.3, 0.4) is 0 Å². The van der Waals surface area contributed by atoms with E-state index in [1.165, 1.54) is 0 Å². The quantitative estimate of drug-likeness (QED) is 0.683. The van der Waals surface area contributed by atoms with E-state index in [-0.39, 0.29) is 17.5 Å². The Kier molecular flexibility index (Phi) is 4.82. The maximum atomic E-state index is 11.4. The molecule has 0 aromatic heterocycles. The first-order valence-electron chi connectivity index (χ1n) is 4.89. The molecule has 7 heteroatoms. The Balaban J connectivity index is 2.58. The number of carbonyl (C=O) groups excluding carboxylic acids is 1. The van der Waals surface area contributed by atoms with Crippen LogP contribution in [0.25, 0.3) is 0 Å². The number of amides is 1. The zero-order valence-electron chi connectivity index (χ0n) is 8.33. The number of carbonyl (C=O) groups is 1. The number of alkyl halides is 1. The summed E-state index contributed by atoms with van der Waals surface area (Å²) in [5, 5.41) is 2.66. The summed E-state index contributed by atoms with van der Waals surface area (Å²) in [6, 6.07) is -0.638. The fraction of sp³-hybridized carbons (Fsp3) is 0.875. The van der Waals surface area contributed by atoms with Crippen molar-refractivity contribution in [2.45, 2.75) is 25.3 Å². The van der Waals surface area contributed by atoms with Crippen LogP contribution in [-0.2, 0) is 14.8 Å². The van der Waals surface area contributed by atoms with Gasteiger partial charge in [-0.3, -0.25) is 4.79 Å². The van der Waals surface area contributed by atoms with Crippen LogP contribution in [0.15, 0.2) is 0 Å². The Morgan fingerprint density at radius 3 is 2.87 bits per heavy atom. The Labute approximate surface area is 94.6 Å². The van der Waals surface area contributed by atoms with Crippen LogP contribution in [-0.4, -0.2) is 38.5 Å². The molecule has 1 atom stereocenters. The van der Waals surface area contributed by atoms with Crippen molar-refractivity contribution in [1.29, 1.82) is 0 Å². The van der Waals surface area contributed by atoms with E-state index in [1.54, 1.807) is 0 Å². The molecule has 88 valence electrons. The lowest BCUT2D eigenvalue weighted by atomic mass is 10.1. The van der Waals surface area contributed by atoms with Crippen LogP contribution in [0.5, 0.6) is 0 Å². The van der Waals surface area contributed by atoms with Gasteiger partial charge in [-0.25, -0.2) is 13.1 Å². The maximum Gasteiger partial charge on any atom is 0.238 e. The summed E-state index contributed by atoms with van der Waals surface area (Å²) < 4.78 is 25.1. The number of hydrogen-bond donors (Lipinski definition) is 2. The first kappa shape index (κ1) is 12.7. The molecular formula is C8H15ClN2O3S. The molecule has 2 N–H and O–H groups in total. The Bertz CT molecular complexity index is 318. The van der Waals surface area contributed by atoms with Crippen molar-refractivity contribution >= 4 is 27.5 Å². The smallest absolute Gasteiger partial charge is 0.238 e. The van der Waals surface area contributed by atoms with Gasteiger partial charge < -0.3 is 5.32 Å². The third kappa shape index (κ3) is 4.36. The van der Waals surface area contributed by atoms with Crippen LogP contribution in [0, 0.1) is 0 Å². The average Bonchev–Trinajstić information content (AvgIpc) is 2.31. The van der Waals surface area contributed by atoms with Gasteiger partial charge in [-0.2, -0.15) is 0 Å². The average molecular weight is 255 g/mol. The summed E-state index contributed by atoms with van der Waals surface area (Å²) in [5.74, 6) is -0.368. The monoisotopic (exact) mass is 254 g/mol. The second-order valence-corrected chi connectivity index (χ2v) is 5.72. The first-order valence-corrected chi connectivity index (χ1v) is 7.07. The molecule has 5 nitrogen and oxygen atoms in total. The van der Waals surface area contributed by atoms with Gasteiger partial charge in [0.25, 0.3) is 0 Å². The molecule has 1 aliphatic rings. The van der Waals surface area contributed by atoms with Crippen molar-refractivity contribution in [2.24, 2.45) is 0 Å². The Morgan fingerprint density at radius 2 is 2.20 bits per heavy atom. The minimum Gasteiger partial charge on any atom is -0.355 e. The van der Waals surface area contributed by atoms with E-state index in [1.807, 2.05) is 0 Å². The van der Waals surface area contributed by atoms with Crippen LogP contribution < -0.4 is 10.0 Å². The second kappa shape index (κ2) is 5.67. The third-order valence-corrected chi connectivity index (χ3v) is 4.00. The number of sulfonamides is 1. The number of rotatable bonds is 4. The Hall–Kier alpha value is -0.330. The summed E-state index contributed by atoms with van der Waals surface area (Å²) in [4.78, 5) is 11.4. The topological polar surface area (TPSA) is 75.3 Å². The molecule has 1 heterocycles. The van der Waals surface area contributed by atoms with Crippen LogP contribution in [0.4, 0.5) is 0 Å². The van der Waals surface area contributed by atoms with Gasteiger partial charge in [0, 0.05) is 12.4 Å². The van der Waals surface area contributed by atoms with E-state index in [0.29, 0.717) is 13.0 Å². The molecule has 1 amide bonds. The van der Waals surface area contributed by atoms with Crippen molar-refractivity contribution in [3.63, 3.8) is 0 Å². The molecule has 0 bridgehead atoms. The minimum atomic E-state index is -3.42. The SMILES string of the molecule is O=C1NCCCCC1NS(=O)(=O)CCCl. The van der Waals surface area contributed by atoms with Crippen molar-refractivity contribution in [1.82, 2.24) is 10.0 Å². The maximum absolute atomic E-state index is 11.4. The summed E-state index contributed by atoms with van der Waals surface area (Å²) in [5.41, 5.74) is 0. The standard InChI is InChI=1S/C8H15ClN2O3S/c9-4-6-15(13,14)11-7-3-1-2-5-10-8(7)12/h7,11H,1-6H2,(H,10,12). The van der Waals surface area contributed by atoms with Gasteiger partial charge in [-0.05, 0) is 19.3 Å². The minimum absolute atomic E-state index is 0.0314. The molecule has 1 unspecified atom stereocenters. The summed E-state index contributed by atoms with van der Waals surface area (Å²) in [6.07, 6.45) is 2.28. The van der Waals surface area contributed by atoms with Crippen LogP contribution in [0.2, 0.25) is 0 Å². The highest BCUT2D eigenvalue weighted by Gasteiger charge is 2.24. The van der Waals surface area contributed by atoms with Crippen molar-refractivity contribution in [3.05, 3.63) is 0 Å². The zero-order chi connectivity index (χ0) is 11.3. The highest BCUT2D eigenvalue weighted by atomic mass is 35.5. The highest BCUT2D eigenvalue weighted by molar-refractivity contribution is 7.89. The number of hydrogen-bond acceptors (Lipinski definition) is 3. The lowest BCUT2D eigenvalue weighted by Crippen LogP contribution is -2.46. The van der Waals surface area contributed by atoms with Crippen LogP contribution in [0.1, 0.15) is 19.3 Å². The van der Waals surface area contributed by atoms with E-state index in [9.17, 15) is 13.2 Å². The normalized spacial score (nSPS) is 23.3. The predicted octanol–water partition coefficient (Wildman–Crippen LogP) is -0.187. The molecule has 0 saturated carbocycles. The summed E-state index contributed by atoms with van der Waals surface area (Å²) >= 11 is 5.35. The van der Waals surface area contributed by atoms with E-state index in [0.717, 1.165) is 12.8 Å². The third-order valence-electron chi connectivity index (χ3n) is 2.20. The van der Waals surface area contributed by atoms with Gasteiger partial charge in [-0.1, -0.05) is 0 Å². The molecule has 0 aliphatic carbocycles. The number of nitrogens with one attached hydrogen (secondary N) is 2. The molecule has 0 aromatic rings. The summed E-state index contributed by atoms with van der Waals surface area (Å²) in [6.45, 7) is 0.618. The van der Waals surface area contributed by atoms with Crippen LogP contribution >= 0.6 is 11.6 Å². The van der Waals surface area contributed by atoms with Crippen molar-refractivity contribution in [3.8, 4) is 0 Å². The molecule has 1 saturated heterocycles. The molecule has 0 aromatic carbocycles. The van der Waals surface area contributed by atoms with Gasteiger partial charge in [-0.15, -0.1) is 11.6 Å². The summed E-state index contributed by atoms with van der Waals surface area (Å²) in [7, 11) is -3.42. The van der Waals surface area contributed by atoms with Crippen molar-refractivity contribution < 1.29 is 13.2 Å². The zero-order valence-corrected chi connectivity index (χ0v) is 9.90. The number of halogens is 1. The molecule has 1 fully saturated rings. The van der Waals surface area contributed by atoms with E-state index in [2.05, 4.69) is 10.0 Å². The fourth-order valence-electron chi connectivity index (χ4n) is 1.43. The first-order chi connectivity index (χ1) is 7.05. The lowest BCUT2D eigenvalue weighted by Gasteiger charge is -2.14.